The van der Waals surface area contributed by atoms with Gasteiger partial charge in [0.05, 0.1) is 24.5 Å². The Labute approximate surface area is 142 Å². The van der Waals surface area contributed by atoms with E-state index in [4.69, 9.17) is 9.47 Å². The molecule has 0 aliphatic rings. The molecule has 3 rings (SSSR count). The van der Waals surface area contributed by atoms with E-state index in [0.29, 0.717) is 0 Å². The average Bonchev–Trinajstić information content (AvgIpc) is 3.15. The number of benzene rings is 1. The second kappa shape index (κ2) is 6.83. The van der Waals surface area contributed by atoms with Gasteiger partial charge in [-0.15, -0.1) is 16.4 Å². The first-order valence-electron chi connectivity index (χ1n) is 7.36. The van der Waals surface area contributed by atoms with Gasteiger partial charge in [-0.1, -0.05) is 5.10 Å². The number of methoxy groups -OCH3 is 1. The lowest BCUT2D eigenvalue weighted by atomic mass is 10.2. The monoisotopic (exact) mass is 347 g/mol. The minimum Gasteiger partial charge on any atom is -0.497 e. The summed E-state index contributed by atoms with van der Waals surface area (Å²) in [5.41, 5.74) is 0. The van der Waals surface area contributed by atoms with E-state index in [1.54, 1.807) is 7.11 Å². The van der Waals surface area contributed by atoms with E-state index in [9.17, 15) is 4.79 Å². The molecular formula is C15H17N5O3S. The van der Waals surface area contributed by atoms with E-state index in [-0.39, 0.29) is 24.4 Å². The van der Waals surface area contributed by atoms with Crippen LogP contribution in [0, 0.1) is 0 Å². The Kier molecular flexibility index (Phi) is 4.61. The van der Waals surface area contributed by atoms with Crippen LogP contribution in [0.4, 0.5) is 5.95 Å². The molecular weight excluding hydrogens is 330 g/mol. The number of aromatic nitrogens is 4. The van der Waals surface area contributed by atoms with E-state index in [2.05, 4.69) is 25.9 Å². The van der Waals surface area contributed by atoms with Gasteiger partial charge in [-0.3, -0.25) is 10.1 Å². The summed E-state index contributed by atoms with van der Waals surface area (Å²) in [5.74, 6) is 1.41. The zero-order chi connectivity index (χ0) is 17.1. The molecule has 8 nitrogen and oxygen atoms in total. The van der Waals surface area contributed by atoms with Crippen LogP contribution in [-0.2, 0) is 11.2 Å². The van der Waals surface area contributed by atoms with Crippen LogP contribution < -0.4 is 14.8 Å². The van der Waals surface area contributed by atoms with Crippen LogP contribution in [0.15, 0.2) is 18.2 Å². The Morgan fingerprint density at radius 2 is 2.25 bits per heavy atom. The van der Waals surface area contributed by atoms with Crippen molar-refractivity contribution in [2.24, 2.45) is 0 Å². The highest BCUT2D eigenvalue weighted by molar-refractivity contribution is 7.19. The van der Waals surface area contributed by atoms with Crippen molar-refractivity contribution in [3.63, 3.8) is 0 Å². The summed E-state index contributed by atoms with van der Waals surface area (Å²) in [6, 6.07) is 5.77. The Morgan fingerprint density at radius 1 is 1.42 bits per heavy atom. The quantitative estimate of drug-likeness (QED) is 0.710. The molecule has 0 aliphatic heterocycles. The predicted octanol–water partition coefficient (Wildman–Crippen LogP) is 2.39. The lowest BCUT2D eigenvalue weighted by molar-refractivity contribution is -0.115. The molecule has 0 saturated carbocycles. The van der Waals surface area contributed by atoms with Crippen molar-refractivity contribution < 1.29 is 14.3 Å². The molecule has 3 aromatic rings. The standard InChI is InChI=1S/C15H17N5O3S/c1-8(2)23-14-10-5-4-9(22-3)6-11(10)24-12(14)7-13(21)16-15-17-19-20-18-15/h4-6,8H,7H2,1-3H3,(H2,16,17,18,19,20,21). The van der Waals surface area contributed by atoms with Gasteiger partial charge in [0.25, 0.3) is 5.95 Å². The molecule has 0 bridgehead atoms. The fourth-order valence-electron chi connectivity index (χ4n) is 2.24. The number of thiophene rings is 1. The summed E-state index contributed by atoms with van der Waals surface area (Å²) in [4.78, 5) is 13.1. The fourth-order valence-corrected chi connectivity index (χ4v) is 3.41. The van der Waals surface area contributed by atoms with Crippen molar-refractivity contribution in [1.29, 1.82) is 0 Å². The molecule has 0 fully saturated rings. The maximum atomic E-state index is 12.2. The van der Waals surface area contributed by atoms with E-state index in [1.807, 2.05) is 32.0 Å². The minimum absolute atomic E-state index is 0.00363. The van der Waals surface area contributed by atoms with Gasteiger partial charge in [0.1, 0.15) is 11.5 Å². The van der Waals surface area contributed by atoms with Gasteiger partial charge in [0.15, 0.2) is 0 Å². The SMILES string of the molecule is COc1ccc2c(OC(C)C)c(CC(=O)Nc3nn[nH]n3)sc2c1. The number of hydrogen-bond acceptors (Lipinski definition) is 7. The van der Waals surface area contributed by atoms with Gasteiger partial charge < -0.3 is 9.47 Å². The number of amides is 1. The smallest absolute Gasteiger partial charge is 0.269 e. The number of tetrazole rings is 1. The van der Waals surface area contributed by atoms with E-state index >= 15 is 0 Å². The average molecular weight is 347 g/mol. The van der Waals surface area contributed by atoms with Gasteiger partial charge >= 0.3 is 0 Å². The maximum absolute atomic E-state index is 12.2. The summed E-state index contributed by atoms with van der Waals surface area (Å²) in [7, 11) is 1.62. The van der Waals surface area contributed by atoms with E-state index in [0.717, 1.165) is 26.5 Å². The van der Waals surface area contributed by atoms with Gasteiger partial charge in [0, 0.05) is 10.1 Å². The Balaban J connectivity index is 1.91. The molecule has 2 N–H and O–H groups in total. The van der Waals surface area contributed by atoms with Crippen molar-refractivity contribution in [3.05, 3.63) is 23.1 Å². The van der Waals surface area contributed by atoms with E-state index in [1.165, 1.54) is 11.3 Å². The lowest BCUT2D eigenvalue weighted by Gasteiger charge is -2.11. The fraction of sp³-hybridized carbons (Fsp3) is 0.333. The van der Waals surface area contributed by atoms with Crippen LogP contribution in [-0.4, -0.2) is 39.7 Å². The summed E-state index contributed by atoms with van der Waals surface area (Å²) in [6.07, 6.45) is 0.169. The molecule has 24 heavy (non-hydrogen) atoms. The maximum Gasteiger partial charge on any atom is 0.269 e. The summed E-state index contributed by atoms with van der Waals surface area (Å²) in [5, 5.41) is 16.7. The van der Waals surface area contributed by atoms with E-state index < -0.39 is 0 Å². The highest BCUT2D eigenvalue weighted by Gasteiger charge is 2.18. The first-order chi connectivity index (χ1) is 11.6. The first kappa shape index (κ1) is 16.2. The highest BCUT2D eigenvalue weighted by atomic mass is 32.1. The zero-order valence-electron chi connectivity index (χ0n) is 13.5. The molecule has 1 aromatic carbocycles. The van der Waals surface area contributed by atoms with Crippen LogP contribution in [0.25, 0.3) is 10.1 Å². The molecule has 0 aliphatic carbocycles. The molecule has 0 saturated heterocycles. The number of anilines is 1. The molecule has 1 amide bonds. The summed E-state index contributed by atoms with van der Waals surface area (Å²) >= 11 is 1.51. The number of carbonyl (C=O) groups excluding carboxylic acids is 1. The summed E-state index contributed by atoms with van der Waals surface area (Å²) in [6.45, 7) is 3.91. The Bertz CT molecular complexity index is 844. The van der Waals surface area contributed by atoms with Crippen LogP contribution in [0.2, 0.25) is 0 Å². The third kappa shape index (κ3) is 3.46. The third-order valence-corrected chi connectivity index (χ3v) is 4.32. The number of hydrogen-bond donors (Lipinski definition) is 2. The molecule has 126 valence electrons. The summed E-state index contributed by atoms with van der Waals surface area (Å²) < 4.78 is 12.2. The van der Waals surface area contributed by atoms with Gasteiger partial charge in [-0.05, 0) is 37.3 Å². The highest BCUT2D eigenvalue weighted by Crippen LogP contribution is 2.40. The number of aromatic amines is 1. The Hall–Kier alpha value is -2.68. The van der Waals surface area contributed by atoms with Crippen molar-refractivity contribution >= 4 is 33.3 Å². The number of nitrogens with one attached hydrogen (secondary N) is 2. The topological polar surface area (TPSA) is 102 Å². The third-order valence-electron chi connectivity index (χ3n) is 3.19. The van der Waals surface area contributed by atoms with Crippen LogP contribution in [0.5, 0.6) is 11.5 Å². The van der Waals surface area contributed by atoms with Crippen molar-refractivity contribution in [2.45, 2.75) is 26.4 Å². The molecule has 2 aromatic heterocycles. The number of nitrogens with zero attached hydrogens (tertiary/aromatic N) is 3. The molecule has 0 radical (unpaired) electrons. The van der Waals surface area contributed by atoms with Crippen LogP contribution >= 0.6 is 11.3 Å². The number of H-pyrrole nitrogens is 1. The van der Waals surface area contributed by atoms with Crippen LogP contribution in [0.1, 0.15) is 18.7 Å². The van der Waals surface area contributed by atoms with Gasteiger partial charge in [-0.2, -0.15) is 5.21 Å². The molecule has 0 spiro atoms. The van der Waals surface area contributed by atoms with Crippen molar-refractivity contribution in [1.82, 2.24) is 20.6 Å². The zero-order valence-corrected chi connectivity index (χ0v) is 14.3. The van der Waals surface area contributed by atoms with Crippen molar-refractivity contribution in [3.8, 4) is 11.5 Å². The number of ether oxygens (including phenoxy) is 2. The number of rotatable bonds is 6. The number of carbonyl (C=O) groups is 1. The molecule has 0 atom stereocenters. The minimum atomic E-state index is -0.233. The second-order valence-electron chi connectivity index (χ2n) is 5.34. The number of fused-ring (bicyclic) bond motifs is 1. The molecule has 0 unspecified atom stereocenters. The second-order valence-corrected chi connectivity index (χ2v) is 6.48. The Morgan fingerprint density at radius 3 is 2.92 bits per heavy atom. The molecule has 2 heterocycles. The van der Waals surface area contributed by atoms with Crippen molar-refractivity contribution in [2.75, 3.05) is 12.4 Å². The normalized spacial score (nSPS) is 11.0. The first-order valence-corrected chi connectivity index (χ1v) is 8.18. The van der Waals surface area contributed by atoms with Gasteiger partial charge in [0.2, 0.25) is 5.91 Å². The molecule has 9 heteroatoms. The van der Waals surface area contributed by atoms with Gasteiger partial charge in [-0.25, -0.2) is 0 Å². The predicted molar refractivity (Wildman–Crippen MR) is 90.7 cm³/mol. The van der Waals surface area contributed by atoms with Crippen LogP contribution in [0.3, 0.4) is 0 Å². The largest absolute Gasteiger partial charge is 0.497 e. The lowest BCUT2D eigenvalue weighted by Crippen LogP contribution is -2.16.